The molecule has 29 heavy (non-hydrogen) atoms. The van der Waals surface area contributed by atoms with Crippen molar-refractivity contribution in [2.75, 3.05) is 7.11 Å². The summed E-state index contributed by atoms with van der Waals surface area (Å²) in [6, 6.07) is 8.68. The van der Waals surface area contributed by atoms with Gasteiger partial charge in [0.15, 0.2) is 0 Å². The van der Waals surface area contributed by atoms with Crippen LogP contribution in [0.25, 0.3) is 0 Å². The van der Waals surface area contributed by atoms with Crippen LogP contribution in [0.4, 0.5) is 0 Å². The molecule has 4 aliphatic carbocycles. The lowest BCUT2D eigenvalue weighted by atomic mass is 9.47. The molecule has 1 aromatic rings. The van der Waals surface area contributed by atoms with E-state index in [2.05, 4.69) is 44.2 Å². The Morgan fingerprint density at radius 3 is 2.52 bits per heavy atom. The number of hydrogen-bond donors (Lipinski definition) is 0. The topological polar surface area (TPSA) is 26.3 Å². The number of allylic oxidation sites excluding steroid dienone is 2. The number of benzene rings is 1. The highest BCUT2D eigenvalue weighted by atomic mass is 16.5. The molecule has 1 aromatic carbocycles. The maximum Gasteiger partial charge on any atom is 0.139 e. The zero-order chi connectivity index (χ0) is 20.2. The van der Waals surface area contributed by atoms with Gasteiger partial charge in [0.05, 0.1) is 7.11 Å². The van der Waals surface area contributed by atoms with E-state index in [1.807, 2.05) is 0 Å². The molecular formula is C27H36O2. The lowest BCUT2D eigenvalue weighted by Gasteiger charge is -2.57. The van der Waals surface area contributed by atoms with E-state index in [0.29, 0.717) is 23.0 Å². The highest BCUT2D eigenvalue weighted by molar-refractivity contribution is 5.87. The Labute approximate surface area is 176 Å². The van der Waals surface area contributed by atoms with Gasteiger partial charge in [0.25, 0.3) is 0 Å². The number of Topliss-reactive ketones (excluding diaryl/α,β-unsaturated/α-hetero) is 1. The Morgan fingerprint density at radius 1 is 1.00 bits per heavy atom. The number of ketones is 1. The summed E-state index contributed by atoms with van der Waals surface area (Å²) >= 11 is 0. The summed E-state index contributed by atoms with van der Waals surface area (Å²) in [6.45, 7) is 4.87. The fourth-order valence-electron chi connectivity index (χ4n) is 7.98. The SMILES string of the molecule is COc1ccc(CC2CCC[C@@]3(C)C2=CC[C@@H]2[C@@H]3CC[C@]3(C)C(=O)CC[C@@H]23)cc1. The predicted octanol–water partition coefficient (Wildman–Crippen LogP) is 6.39. The summed E-state index contributed by atoms with van der Waals surface area (Å²) < 4.78 is 5.33. The molecule has 0 amide bonds. The van der Waals surface area contributed by atoms with E-state index in [9.17, 15) is 4.79 Å². The quantitative estimate of drug-likeness (QED) is 0.557. The van der Waals surface area contributed by atoms with Crippen LogP contribution in [0.3, 0.4) is 0 Å². The van der Waals surface area contributed by atoms with Crippen molar-refractivity contribution < 1.29 is 9.53 Å². The van der Waals surface area contributed by atoms with Crippen LogP contribution in [-0.4, -0.2) is 12.9 Å². The first kappa shape index (κ1) is 19.4. The van der Waals surface area contributed by atoms with Gasteiger partial charge in [0.2, 0.25) is 0 Å². The molecule has 0 heterocycles. The van der Waals surface area contributed by atoms with Gasteiger partial charge in [0.1, 0.15) is 11.5 Å². The number of methoxy groups -OCH3 is 1. The van der Waals surface area contributed by atoms with Crippen molar-refractivity contribution >= 4 is 5.78 Å². The number of carbonyl (C=O) groups is 1. The molecule has 0 aromatic heterocycles. The van der Waals surface area contributed by atoms with Crippen LogP contribution in [0, 0.1) is 34.5 Å². The van der Waals surface area contributed by atoms with Crippen molar-refractivity contribution in [3.8, 4) is 5.75 Å². The third-order valence-electron chi connectivity index (χ3n) is 9.56. The van der Waals surface area contributed by atoms with Gasteiger partial charge in [-0.3, -0.25) is 4.79 Å². The van der Waals surface area contributed by atoms with Crippen molar-refractivity contribution in [3.05, 3.63) is 41.5 Å². The van der Waals surface area contributed by atoms with E-state index in [4.69, 9.17) is 4.74 Å². The van der Waals surface area contributed by atoms with Gasteiger partial charge < -0.3 is 4.74 Å². The Hall–Kier alpha value is -1.57. The second kappa shape index (κ2) is 7.00. The summed E-state index contributed by atoms with van der Waals surface area (Å²) in [6.07, 6.45) is 13.4. The normalized spacial score (nSPS) is 41.2. The van der Waals surface area contributed by atoms with E-state index < -0.39 is 0 Å². The van der Waals surface area contributed by atoms with Crippen LogP contribution < -0.4 is 4.74 Å². The molecule has 6 atom stereocenters. The number of rotatable bonds is 3. The number of carbonyl (C=O) groups excluding carboxylic acids is 1. The Bertz CT molecular complexity index is 821. The summed E-state index contributed by atoms with van der Waals surface area (Å²) in [7, 11) is 1.73. The molecule has 2 heteroatoms. The Balaban J connectivity index is 1.42. The maximum atomic E-state index is 12.6. The minimum absolute atomic E-state index is 0.0139. The van der Waals surface area contributed by atoms with E-state index in [0.717, 1.165) is 43.3 Å². The van der Waals surface area contributed by atoms with Gasteiger partial charge >= 0.3 is 0 Å². The van der Waals surface area contributed by atoms with Crippen LogP contribution in [0.2, 0.25) is 0 Å². The van der Waals surface area contributed by atoms with Crippen LogP contribution in [0.1, 0.15) is 70.8 Å². The van der Waals surface area contributed by atoms with Gasteiger partial charge in [-0.15, -0.1) is 0 Å². The lowest BCUT2D eigenvalue weighted by molar-refractivity contribution is -0.131. The summed E-state index contributed by atoms with van der Waals surface area (Å²) in [4.78, 5) is 12.6. The van der Waals surface area contributed by atoms with Crippen molar-refractivity contribution in [3.63, 3.8) is 0 Å². The number of fused-ring (bicyclic) bond motifs is 5. The van der Waals surface area contributed by atoms with E-state index >= 15 is 0 Å². The fourth-order valence-corrected chi connectivity index (χ4v) is 7.98. The summed E-state index contributed by atoms with van der Waals surface area (Å²) in [5.74, 6) is 4.33. The summed E-state index contributed by atoms with van der Waals surface area (Å²) in [5, 5.41) is 0. The molecular weight excluding hydrogens is 356 g/mol. The van der Waals surface area contributed by atoms with Crippen LogP contribution in [0.5, 0.6) is 5.75 Å². The van der Waals surface area contributed by atoms with Crippen molar-refractivity contribution in [2.24, 2.45) is 34.5 Å². The summed E-state index contributed by atoms with van der Waals surface area (Å²) in [5.41, 5.74) is 3.53. The molecule has 0 N–H and O–H groups in total. The van der Waals surface area contributed by atoms with E-state index in [1.54, 1.807) is 12.7 Å². The lowest BCUT2D eigenvalue weighted by Crippen LogP contribution is -2.50. The molecule has 0 bridgehead atoms. The van der Waals surface area contributed by atoms with Crippen molar-refractivity contribution in [1.82, 2.24) is 0 Å². The minimum atomic E-state index is -0.0139. The van der Waals surface area contributed by atoms with Gasteiger partial charge in [-0.25, -0.2) is 0 Å². The molecule has 0 radical (unpaired) electrons. The second-order valence-electron chi connectivity index (χ2n) is 10.7. The molecule has 2 nitrogen and oxygen atoms in total. The first-order valence-electron chi connectivity index (χ1n) is 11.8. The Morgan fingerprint density at radius 2 is 1.76 bits per heavy atom. The highest BCUT2D eigenvalue weighted by Gasteiger charge is 2.58. The molecule has 3 fully saturated rings. The van der Waals surface area contributed by atoms with Crippen LogP contribution in [-0.2, 0) is 11.2 Å². The molecule has 1 unspecified atom stereocenters. The maximum absolute atomic E-state index is 12.6. The largest absolute Gasteiger partial charge is 0.497 e. The third kappa shape index (κ3) is 2.93. The van der Waals surface area contributed by atoms with Crippen LogP contribution in [0.15, 0.2) is 35.9 Å². The Kier molecular flexibility index (Phi) is 4.68. The third-order valence-corrected chi connectivity index (χ3v) is 9.56. The molecule has 0 spiro atoms. The standard InChI is InChI=1S/C27H36O2/c1-26-15-4-5-19(17-18-6-8-20(29-3)9-7-18)22(26)11-10-21-23-12-13-25(28)27(23,2)16-14-24(21)26/h6-9,11,19,21,23-24H,4-5,10,12-17H2,1-3H3/t19?,21-,23-,24-,26-,27-/m0/s1. The first-order chi connectivity index (χ1) is 14.0. The van der Waals surface area contributed by atoms with E-state index in [-0.39, 0.29) is 5.41 Å². The monoisotopic (exact) mass is 392 g/mol. The van der Waals surface area contributed by atoms with Crippen LogP contribution >= 0.6 is 0 Å². The fraction of sp³-hybridized carbons (Fsp3) is 0.667. The average molecular weight is 393 g/mol. The molecule has 156 valence electrons. The number of hydrogen-bond acceptors (Lipinski definition) is 2. The zero-order valence-corrected chi connectivity index (χ0v) is 18.4. The molecule has 3 saturated carbocycles. The van der Waals surface area contributed by atoms with Gasteiger partial charge in [0, 0.05) is 11.8 Å². The first-order valence-corrected chi connectivity index (χ1v) is 11.8. The minimum Gasteiger partial charge on any atom is -0.497 e. The smallest absolute Gasteiger partial charge is 0.139 e. The zero-order valence-electron chi connectivity index (χ0n) is 18.4. The second-order valence-corrected chi connectivity index (χ2v) is 10.7. The van der Waals surface area contributed by atoms with Gasteiger partial charge in [-0.05, 0) is 91.7 Å². The van der Waals surface area contributed by atoms with Crippen molar-refractivity contribution in [1.29, 1.82) is 0 Å². The molecule has 4 aliphatic rings. The van der Waals surface area contributed by atoms with Gasteiger partial charge in [-0.1, -0.05) is 44.1 Å². The highest BCUT2D eigenvalue weighted by Crippen LogP contribution is 2.64. The number of ether oxygens (including phenoxy) is 1. The average Bonchev–Trinajstić information content (AvgIpc) is 3.03. The van der Waals surface area contributed by atoms with E-state index in [1.165, 1.54) is 37.7 Å². The predicted molar refractivity (Wildman–Crippen MR) is 117 cm³/mol. The molecule has 0 aliphatic heterocycles. The molecule has 0 saturated heterocycles. The van der Waals surface area contributed by atoms with Gasteiger partial charge in [-0.2, -0.15) is 0 Å². The van der Waals surface area contributed by atoms with Crippen molar-refractivity contribution in [2.45, 2.75) is 71.6 Å². The molecule has 5 rings (SSSR count).